The van der Waals surface area contributed by atoms with Gasteiger partial charge in [-0.15, -0.1) is 21.5 Å². The summed E-state index contributed by atoms with van der Waals surface area (Å²) in [6, 6.07) is 10.3. The van der Waals surface area contributed by atoms with Crippen molar-refractivity contribution in [2.45, 2.75) is 64.6 Å². The van der Waals surface area contributed by atoms with Crippen LogP contribution in [0.15, 0.2) is 54.6 Å². The Morgan fingerprint density at radius 1 is 1.15 bits per heavy atom. The fourth-order valence-corrected chi connectivity index (χ4v) is 4.97. The number of unbranched alkanes of at least 4 members (excludes halogenated alkanes) is 1. The molecule has 182 valence electrons. The number of carbonyl (C=O) groups excluding carboxylic acids is 1. The molecule has 1 aromatic carbocycles. The third-order valence-corrected chi connectivity index (χ3v) is 7.07. The Morgan fingerprint density at radius 2 is 1.94 bits per heavy atom. The van der Waals surface area contributed by atoms with E-state index in [1.807, 2.05) is 18.2 Å². The highest BCUT2D eigenvalue weighted by Crippen LogP contribution is 2.29. The number of nitrogens with one attached hydrogen (secondary N) is 1. The van der Waals surface area contributed by atoms with Crippen LogP contribution in [0.3, 0.4) is 0 Å². The maximum absolute atomic E-state index is 11.5. The largest absolute Gasteiger partial charge is 0.392 e. The molecule has 7 nitrogen and oxygen atoms in total. The molecule has 0 saturated heterocycles. The number of aromatic amines is 1. The van der Waals surface area contributed by atoms with Gasteiger partial charge in [0.1, 0.15) is 6.29 Å². The Hall–Kier alpha value is -2.68. The van der Waals surface area contributed by atoms with E-state index in [2.05, 4.69) is 51.0 Å². The van der Waals surface area contributed by atoms with Crippen LogP contribution < -0.4 is 0 Å². The Balaban J connectivity index is 1.53. The third-order valence-electron chi connectivity index (χ3n) is 5.93. The van der Waals surface area contributed by atoms with E-state index in [4.69, 9.17) is 0 Å². The quantitative estimate of drug-likeness (QED) is 0.178. The van der Waals surface area contributed by atoms with Crippen LogP contribution in [0.25, 0.3) is 10.1 Å². The zero-order valence-electron chi connectivity index (χ0n) is 19.8. The van der Waals surface area contributed by atoms with Gasteiger partial charge < -0.3 is 15.0 Å². The van der Waals surface area contributed by atoms with Crippen LogP contribution in [0.2, 0.25) is 0 Å². The van der Waals surface area contributed by atoms with E-state index in [9.17, 15) is 15.0 Å². The minimum absolute atomic E-state index is 0.235. The van der Waals surface area contributed by atoms with Crippen molar-refractivity contribution in [3.05, 3.63) is 65.3 Å². The minimum Gasteiger partial charge on any atom is -0.392 e. The molecule has 34 heavy (non-hydrogen) atoms. The number of aldehydes is 1. The lowest BCUT2D eigenvalue weighted by molar-refractivity contribution is -0.121. The molecule has 0 radical (unpaired) electrons. The molecule has 2 aromatic heterocycles. The van der Waals surface area contributed by atoms with Gasteiger partial charge in [0.2, 0.25) is 0 Å². The number of nitrogens with zero attached hydrogens (tertiary/aromatic N) is 3. The number of benzene rings is 1. The molecule has 3 rings (SSSR count). The van der Waals surface area contributed by atoms with Crippen LogP contribution >= 0.6 is 11.3 Å². The maximum atomic E-state index is 11.5. The lowest BCUT2D eigenvalue weighted by Crippen LogP contribution is -2.36. The summed E-state index contributed by atoms with van der Waals surface area (Å²) in [6.07, 6.45) is 11.8. The number of tetrazole rings is 1. The first-order chi connectivity index (χ1) is 16.4. The molecule has 3 N–H and O–H groups in total. The number of aliphatic hydroxyl groups excluding tert-OH is 2. The summed E-state index contributed by atoms with van der Waals surface area (Å²) in [5, 5.41) is 36.5. The van der Waals surface area contributed by atoms with Gasteiger partial charge in [0.05, 0.1) is 12.2 Å². The number of hydrogen-bond donors (Lipinski definition) is 3. The predicted octanol–water partition coefficient (Wildman–Crippen LogP) is 4.44. The van der Waals surface area contributed by atoms with Crippen molar-refractivity contribution in [2.24, 2.45) is 11.3 Å². The van der Waals surface area contributed by atoms with Gasteiger partial charge in [-0.2, -0.15) is 5.21 Å². The zero-order valence-corrected chi connectivity index (χ0v) is 20.6. The number of H-pyrrole nitrogens is 1. The van der Waals surface area contributed by atoms with E-state index in [1.54, 1.807) is 31.3 Å². The van der Waals surface area contributed by atoms with Gasteiger partial charge in [-0.3, -0.25) is 0 Å². The number of aromatic nitrogens is 4. The first kappa shape index (κ1) is 25.9. The summed E-state index contributed by atoms with van der Waals surface area (Å²) in [5.41, 5.74) is -0.861. The van der Waals surface area contributed by atoms with Crippen LogP contribution in [-0.4, -0.2) is 49.3 Å². The average molecular weight is 483 g/mol. The number of hydrogen-bond acceptors (Lipinski definition) is 7. The van der Waals surface area contributed by atoms with E-state index in [0.717, 1.165) is 36.8 Å². The number of aliphatic hydroxyl groups is 2. The summed E-state index contributed by atoms with van der Waals surface area (Å²) in [7, 11) is 0. The number of carbonyl (C=O) groups is 1. The third kappa shape index (κ3) is 7.68. The van der Waals surface area contributed by atoms with Crippen LogP contribution in [0, 0.1) is 11.3 Å². The SMILES string of the molecule is CC(C)(C=O)C(O)C(C=CC(O)Cc1cc2ccccc2s1)CCC=CCCCc1nn[nH]n1. The summed E-state index contributed by atoms with van der Waals surface area (Å²) in [5.74, 6) is 0.480. The molecule has 0 fully saturated rings. The van der Waals surface area contributed by atoms with Crippen molar-refractivity contribution in [1.82, 2.24) is 20.6 Å². The average Bonchev–Trinajstić information content (AvgIpc) is 3.49. The first-order valence-electron chi connectivity index (χ1n) is 11.7. The van der Waals surface area contributed by atoms with Gasteiger partial charge in [-0.1, -0.05) is 61.6 Å². The molecule has 0 aliphatic rings. The summed E-state index contributed by atoms with van der Waals surface area (Å²) in [6.45, 7) is 3.49. The molecular weight excluding hydrogens is 448 g/mol. The molecule has 0 bridgehead atoms. The second kappa shape index (κ2) is 12.7. The molecule has 0 aliphatic heterocycles. The monoisotopic (exact) mass is 482 g/mol. The normalized spacial score (nSPS) is 15.3. The number of thiophene rings is 1. The van der Waals surface area contributed by atoms with Crippen molar-refractivity contribution >= 4 is 27.7 Å². The standard InChI is InChI=1S/C26H34N4O3S/c1-26(2,18-31)25(33)19(10-6-4-3-5-7-13-24-27-29-30-28-24)14-15-21(32)17-22-16-20-11-8-9-12-23(20)34-22/h3-4,8-9,11-12,14-16,18-19,21,25,32-33H,5-7,10,13,17H2,1-2H3,(H,27,28,29,30). The highest BCUT2D eigenvalue weighted by Gasteiger charge is 2.32. The lowest BCUT2D eigenvalue weighted by atomic mass is 9.78. The van der Waals surface area contributed by atoms with E-state index in [-0.39, 0.29) is 5.92 Å². The van der Waals surface area contributed by atoms with Crippen LogP contribution in [0.4, 0.5) is 0 Å². The molecule has 3 unspecified atom stereocenters. The Kier molecular flexibility index (Phi) is 9.68. The highest BCUT2D eigenvalue weighted by molar-refractivity contribution is 7.19. The predicted molar refractivity (Wildman–Crippen MR) is 136 cm³/mol. The molecule has 2 heterocycles. The fourth-order valence-electron chi connectivity index (χ4n) is 3.85. The van der Waals surface area contributed by atoms with Gasteiger partial charge in [0.15, 0.2) is 5.82 Å². The van der Waals surface area contributed by atoms with Crippen molar-refractivity contribution in [1.29, 1.82) is 0 Å². The van der Waals surface area contributed by atoms with Gasteiger partial charge in [-0.25, -0.2) is 0 Å². The Morgan fingerprint density at radius 3 is 2.68 bits per heavy atom. The topological polar surface area (TPSA) is 112 Å². The highest BCUT2D eigenvalue weighted by atomic mass is 32.1. The minimum atomic E-state index is -0.861. The zero-order chi connectivity index (χ0) is 24.4. The number of aryl methyl sites for hydroxylation is 1. The molecule has 0 amide bonds. The fraction of sp³-hybridized carbons (Fsp3) is 0.462. The van der Waals surface area contributed by atoms with Crippen LogP contribution in [-0.2, 0) is 17.6 Å². The van der Waals surface area contributed by atoms with Gasteiger partial charge >= 0.3 is 0 Å². The van der Waals surface area contributed by atoms with E-state index >= 15 is 0 Å². The maximum Gasteiger partial charge on any atom is 0.174 e. The van der Waals surface area contributed by atoms with Gasteiger partial charge in [0, 0.05) is 33.8 Å². The smallest absolute Gasteiger partial charge is 0.174 e. The number of fused-ring (bicyclic) bond motifs is 1. The second-order valence-corrected chi connectivity index (χ2v) is 10.4. The van der Waals surface area contributed by atoms with E-state index in [0.29, 0.717) is 18.7 Å². The number of rotatable bonds is 14. The molecule has 0 spiro atoms. The van der Waals surface area contributed by atoms with Gasteiger partial charge in [-0.05, 0) is 43.2 Å². The Bertz CT molecular complexity index is 1040. The summed E-state index contributed by atoms with van der Waals surface area (Å²) >= 11 is 1.68. The van der Waals surface area contributed by atoms with Gasteiger partial charge in [0.25, 0.3) is 0 Å². The second-order valence-electron chi connectivity index (χ2n) is 9.22. The molecule has 3 atom stereocenters. The molecule has 8 heteroatoms. The molecule has 0 aliphatic carbocycles. The Labute approximate surface area is 204 Å². The van der Waals surface area contributed by atoms with Crippen LogP contribution in [0.1, 0.15) is 50.2 Å². The molecule has 0 saturated carbocycles. The molecule has 3 aromatic rings. The van der Waals surface area contributed by atoms with Crippen molar-refractivity contribution in [3.63, 3.8) is 0 Å². The summed E-state index contributed by atoms with van der Waals surface area (Å²) < 4.78 is 1.21. The lowest BCUT2D eigenvalue weighted by Gasteiger charge is -2.30. The van der Waals surface area contributed by atoms with Crippen molar-refractivity contribution < 1.29 is 15.0 Å². The molecular formula is C26H34N4O3S. The van der Waals surface area contributed by atoms with E-state index in [1.165, 1.54) is 10.1 Å². The van der Waals surface area contributed by atoms with Crippen molar-refractivity contribution in [3.8, 4) is 0 Å². The first-order valence-corrected chi connectivity index (χ1v) is 12.6. The van der Waals surface area contributed by atoms with E-state index < -0.39 is 17.6 Å². The summed E-state index contributed by atoms with van der Waals surface area (Å²) in [4.78, 5) is 12.6. The van der Waals surface area contributed by atoms with Crippen LogP contribution in [0.5, 0.6) is 0 Å². The van der Waals surface area contributed by atoms with Crippen molar-refractivity contribution in [2.75, 3.05) is 0 Å². The number of allylic oxidation sites excluding steroid dienone is 2.